The maximum Gasteiger partial charge on any atom is 0.310 e. The minimum Gasteiger partial charge on any atom is -0.469 e. The third-order valence-corrected chi connectivity index (χ3v) is 3.80. The van der Waals surface area contributed by atoms with E-state index in [1.807, 2.05) is 0 Å². The molecule has 1 atom stereocenters. The molecule has 1 aliphatic heterocycles. The van der Waals surface area contributed by atoms with Crippen LogP contribution in [0.1, 0.15) is 12.0 Å². The van der Waals surface area contributed by atoms with Gasteiger partial charge in [-0.2, -0.15) is 0 Å². The van der Waals surface area contributed by atoms with E-state index in [9.17, 15) is 14.9 Å². The number of likely N-dealkylation sites (tertiary alicyclic amines) is 1. The zero-order valence-corrected chi connectivity index (χ0v) is 11.8. The molecule has 0 saturated carbocycles. The predicted molar refractivity (Wildman–Crippen MR) is 73.5 cm³/mol. The fourth-order valence-corrected chi connectivity index (χ4v) is 2.59. The quantitative estimate of drug-likeness (QED) is 0.484. The van der Waals surface area contributed by atoms with Gasteiger partial charge >= 0.3 is 5.97 Å². The Morgan fingerprint density at radius 3 is 2.95 bits per heavy atom. The van der Waals surface area contributed by atoms with Gasteiger partial charge in [-0.1, -0.05) is 11.6 Å². The summed E-state index contributed by atoms with van der Waals surface area (Å²) in [7, 11) is 1.39. The molecular weight excluding hydrogens is 284 g/mol. The van der Waals surface area contributed by atoms with Gasteiger partial charge in [0.15, 0.2) is 0 Å². The van der Waals surface area contributed by atoms with Crippen molar-refractivity contribution in [1.82, 2.24) is 4.90 Å². The Hall–Kier alpha value is -1.66. The summed E-state index contributed by atoms with van der Waals surface area (Å²) in [5.74, 6) is -0.292. The second-order valence-electron chi connectivity index (χ2n) is 4.78. The molecule has 108 valence electrons. The van der Waals surface area contributed by atoms with Crippen LogP contribution in [0.25, 0.3) is 0 Å². The zero-order valence-electron chi connectivity index (χ0n) is 11.0. The Morgan fingerprint density at radius 2 is 2.35 bits per heavy atom. The van der Waals surface area contributed by atoms with Crippen LogP contribution >= 0.6 is 11.6 Å². The molecule has 0 N–H and O–H groups in total. The number of carbonyl (C=O) groups excluding carboxylic acids is 1. The van der Waals surface area contributed by atoms with Crippen molar-refractivity contribution in [1.29, 1.82) is 0 Å². The first-order chi connectivity index (χ1) is 9.51. The molecule has 1 unspecified atom stereocenters. The summed E-state index contributed by atoms with van der Waals surface area (Å²) < 4.78 is 4.73. The number of carbonyl (C=O) groups is 1. The molecule has 6 nitrogen and oxygen atoms in total. The Labute approximate surface area is 121 Å². The molecule has 2 rings (SSSR count). The van der Waals surface area contributed by atoms with Crippen LogP contribution in [0.3, 0.4) is 0 Å². The van der Waals surface area contributed by atoms with Crippen molar-refractivity contribution in [3.63, 3.8) is 0 Å². The fraction of sp³-hybridized carbons (Fsp3) is 0.462. The summed E-state index contributed by atoms with van der Waals surface area (Å²) in [5.41, 5.74) is 0.801. The normalized spacial score (nSPS) is 19.0. The minimum atomic E-state index is -0.473. The molecule has 0 radical (unpaired) electrons. The van der Waals surface area contributed by atoms with Crippen molar-refractivity contribution in [3.05, 3.63) is 38.9 Å². The molecule has 1 aliphatic rings. The van der Waals surface area contributed by atoms with Crippen LogP contribution in [0.4, 0.5) is 5.69 Å². The van der Waals surface area contributed by atoms with E-state index in [4.69, 9.17) is 16.3 Å². The van der Waals surface area contributed by atoms with E-state index >= 15 is 0 Å². The average Bonchev–Trinajstić information content (AvgIpc) is 2.88. The van der Waals surface area contributed by atoms with Crippen LogP contribution in [-0.4, -0.2) is 36.0 Å². The van der Waals surface area contributed by atoms with Gasteiger partial charge in [0, 0.05) is 25.2 Å². The molecule has 0 spiro atoms. The molecule has 1 saturated heterocycles. The third-order valence-electron chi connectivity index (χ3n) is 3.45. The van der Waals surface area contributed by atoms with Crippen LogP contribution in [-0.2, 0) is 16.1 Å². The summed E-state index contributed by atoms with van der Waals surface area (Å²) in [4.78, 5) is 23.7. The van der Waals surface area contributed by atoms with E-state index in [0.29, 0.717) is 18.1 Å². The second-order valence-corrected chi connectivity index (χ2v) is 5.18. The van der Waals surface area contributed by atoms with E-state index < -0.39 is 4.92 Å². The van der Waals surface area contributed by atoms with E-state index in [-0.39, 0.29) is 17.6 Å². The van der Waals surface area contributed by atoms with Gasteiger partial charge in [-0.05, 0) is 24.6 Å². The maximum atomic E-state index is 11.4. The molecule has 1 aromatic rings. The third kappa shape index (κ3) is 3.26. The van der Waals surface area contributed by atoms with E-state index in [0.717, 1.165) is 18.5 Å². The smallest absolute Gasteiger partial charge is 0.310 e. The lowest BCUT2D eigenvalue weighted by atomic mass is 10.1. The topological polar surface area (TPSA) is 72.7 Å². The standard InChI is InChI=1S/C13H15ClN2O4/c1-20-13(17)10-4-5-15(8-10)7-9-2-3-11(16(18)19)6-12(9)14/h2-3,6,10H,4-5,7-8H2,1H3. The van der Waals surface area contributed by atoms with Gasteiger partial charge in [0.2, 0.25) is 0 Å². The predicted octanol–water partition coefficient (Wildman–Crippen LogP) is 2.24. The summed E-state index contributed by atoms with van der Waals surface area (Å²) >= 11 is 6.06. The lowest BCUT2D eigenvalue weighted by molar-refractivity contribution is -0.384. The first-order valence-electron chi connectivity index (χ1n) is 6.24. The number of nitro groups is 1. The Bertz CT molecular complexity index is 535. The molecule has 1 heterocycles. The van der Waals surface area contributed by atoms with Gasteiger partial charge in [0.25, 0.3) is 5.69 Å². The highest BCUT2D eigenvalue weighted by atomic mass is 35.5. The summed E-state index contributed by atoms with van der Waals surface area (Å²) in [6, 6.07) is 4.45. The lowest BCUT2D eigenvalue weighted by Crippen LogP contribution is -2.23. The Balaban J connectivity index is 2.01. The molecule has 1 fully saturated rings. The van der Waals surface area contributed by atoms with Crippen molar-refractivity contribution >= 4 is 23.3 Å². The van der Waals surface area contributed by atoms with Crippen LogP contribution < -0.4 is 0 Å². The van der Waals surface area contributed by atoms with Gasteiger partial charge in [0.05, 0.1) is 23.0 Å². The number of hydrogen-bond donors (Lipinski definition) is 0. The van der Waals surface area contributed by atoms with E-state index in [1.165, 1.54) is 19.2 Å². The molecule has 20 heavy (non-hydrogen) atoms. The van der Waals surface area contributed by atoms with Gasteiger partial charge < -0.3 is 4.74 Å². The minimum absolute atomic E-state index is 0.0207. The number of rotatable bonds is 4. The zero-order chi connectivity index (χ0) is 14.7. The van der Waals surface area contributed by atoms with E-state index in [1.54, 1.807) is 6.07 Å². The fourth-order valence-electron chi connectivity index (χ4n) is 2.35. The SMILES string of the molecule is COC(=O)C1CCN(Cc2ccc([N+](=O)[O-])cc2Cl)C1. The van der Waals surface area contributed by atoms with Crippen molar-refractivity contribution in [2.75, 3.05) is 20.2 Å². The van der Waals surface area contributed by atoms with E-state index in [2.05, 4.69) is 4.90 Å². The average molecular weight is 299 g/mol. The highest BCUT2D eigenvalue weighted by Gasteiger charge is 2.29. The van der Waals surface area contributed by atoms with Crippen LogP contribution in [0, 0.1) is 16.0 Å². The van der Waals surface area contributed by atoms with Crippen LogP contribution in [0.5, 0.6) is 0 Å². The van der Waals surface area contributed by atoms with Crippen molar-refractivity contribution < 1.29 is 14.5 Å². The number of benzene rings is 1. The number of nitrogens with zero attached hydrogens (tertiary/aromatic N) is 2. The Morgan fingerprint density at radius 1 is 1.60 bits per heavy atom. The molecule has 7 heteroatoms. The van der Waals surface area contributed by atoms with Crippen LogP contribution in [0.2, 0.25) is 5.02 Å². The maximum absolute atomic E-state index is 11.4. The molecule has 0 aliphatic carbocycles. The highest BCUT2D eigenvalue weighted by Crippen LogP contribution is 2.26. The summed E-state index contributed by atoms with van der Waals surface area (Å²) in [6.07, 6.45) is 0.761. The highest BCUT2D eigenvalue weighted by molar-refractivity contribution is 6.31. The summed E-state index contributed by atoms with van der Waals surface area (Å²) in [6.45, 7) is 1.98. The molecule has 0 aromatic heterocycles. The number of non-ortho nitro benzene ring substituents is 1. The molecule has 0 amide bonds. The number of hydrogen-bond acceptors (Lipinski definition) is 5. The number of ether oxygens (including phenoxy) is 1. The second kappa shape index (κ2) is 6.19. The number of halogens is 1. The van der Waals surface area contributed by atoms with Gasteiger partial charge in [0.1, 0.15) is 0 Å². The number of nitro benzene ring substituents is 1. The molecule has 0 bridgehead atoms. The van der Waals surface area contributed by atoms with Crippen LogP contribution in [0.15, 0.2) is 18.2 Å². The van der Waals surface area contributed by atoms with Gasteiger partial charge in [-0.15, -0.1) is 0 Å². The number of methoxy groups -OCH3 is 1. The molecular formula is C13H15ClN2O4. The Kier molecular flexibility index (Phi) is 4.57. The monoisotopic (exact) mass is 298 g/mol. The summed E-state index contributed by atoms with van der Waals surface area (Å²) in [5, 5.41) is 11.0. The van der Waals surface area contributed by atoms with Gasteiger partial charge in [-0.3, -0.25) is 19.8 Å². The largest absolute Gasteiger partial charge is 0.469 e. The molecule has 1 aromatic carbocycles. The first-order valence-corrected chi connectivity index (χ1v) is 6.62. The van der Waals surface area contributed by atoms with Crippen molar-refractivity contribution in [3.8, 4) is 0 Å². The van der Waals surface area contributed by atoms with Gasteiger partial charge in [-0.25, -0.2) is 0 Å². The lowest BCUT2D eigenvalue weighted by Gasteiger charge is -2.16. The van der Waals surface area contributed by atoms with Crippen molar-refractivity contribution in [2.24, 2.45) is 5.92 Å². The van der Waals surface area contributed by atoms with Crippen molar-refractivity contribution in [2.45, 2.75) is 13.0 Å². The number of esters is 1. The first kappa shape index (κ1) is 14.7.